The molecule has 1 aromatic heterocycles. The number of rotatable bonds is 2. The molecule has 0 aliphatic carbocycles. The van der Waals surface area contributed by atoms with Crippen LogP contribution in [0.15, 0.2) is 4.52 Å². The molecular weight excluding hydrogens is 160 g/mol. The van der Waals surface area contributed by atoms with Crippen molar-refractivity contribution in [2.24, 2.45) is 0 Å². The minimum atomic E-state index is -0.490. The lowest BCUT2D eigenvalue weighted by Crippen LogP contribution is -2.10. The Morgan fingerprint density at radius 2 is 2.33 bits per heavy atom. The van der Waals surface area contributed by atoms with Crippen molar-refractivity contribution < 1.29 is 14.1 Å². The predicted molar refractivity (Wildman–Crippen MR) is 39.5 cm³/mol. The summed E-state index contributed by atoms with van der Waals surface area (Å²) in [7, 11) is 1.32. The average Bonchev–Trinajstić information content (AvgIpc) is 2.49. The Labute approximate surface area is 69.7 Å². The van der Waals surface area contributed by atoms with Gasteiger partial charge in [0.2, 0.25) is 5.89 Å². The van der Waals surface area contributed by atoms with Crippen molar-refractivity contribution >= 4 is 5.97 Å². The van der Waals surface area contributed by atoms with Crippen LogP contribution in [-0.2, 0) is 9.53 Å². The summed E-state index contributed by atoms with van der Waals surface area (Å²) >= 11 is 0. The maximum atomic E-state index is 11.0. The quantitative estimate of drug-likeness (QED) is 0.610. The second kappa shape index (κ2) is 3.34. The van der Waals surface area contributed by atoms with Crippen LogP contribution in [0.3, 0.4) is 0 Å². The third-order valence-corrected chi connectivity index (χ3v) is 1.47. The molecule has 0 amide bonds. The first-order valence-corrected chi connectivity index (χ1v) is 3.53. The lowest BCUT2D eigenvalue weighted by Gasteiger charge is -2.01. The molecule has 0 unspecified atom stereocenters. The molecule has 1 atom stereocenters. The first-order valence-electron chi connectivity index (χ1n) is 3.53. The number of carbonyl (C=O) groups is 1. The second-order valence-corrected chi connectivity index (χ2v) is 2.42. The van der Waals surface area contributed by atoms with Crippen LogP contribution >= 0.6 is 0 Å². The highest BCUT2D eigenvalue weighted by molar-refractivity contribution is 5.76. The van der Waals surface area contributed by atoms with Gasteiger partial charge in [0.15, 0.2) is 5.82 Å². The Kier molecular flexibility index (Phi) is 2.42. The fraction of sp³-hybridized carbons (Fsp3) is 0.571. The standard InChI is InChI=1S/C7H10N2O3/c1-4(7(10)11-3)6-8-5(2)9-12-6/h4H,1-3H3/t4-/m1/s1. The minimum Gasteiger partial charge on any atom is -0.468 e. The highest BCUT2D eigenvalue weighted by Crippen LogP contribution is 2.13. The van der Waals surface area contributed by atoms with Crippen LogP contribution in [-0.4, -0.2) is 23.2 Å². The van der Waals surface area contributed by atoms with E-state index in [1.165, 1.54) is 7.11 Å². The van der Waals surface area contributed by atoms with Gasteiger partial charge in [0.25, 0.3) is 0 Å². The molecule has 12 heavy (non-hydrogen) atoms. The number of nitrogens with zero attached hydrogens (tertiary/aromatic N) is 2. The average molecular weight is 170 g/mol. The molecular formula is C7H10N2O3. The van der Waals surface area contributed by atoms with Crippen LogP contribution in [0.25, 0.3) is 0 Å². The van der Waals surface area contributed by atoms with E-state index in [-0.39, 0.29) is 5.97 Å². The molecule has 0 N–H and O–H groups in total. The molecule has 1 aromatic rings. The zero-order chi connectivity index (χ0) is 9.14. The third-order valence-electron chi connectivity index (χ3n) is 1.47. The normalized spacial score (nSPS) is 12.6. The molecule has 0 bridgehead atoms. The van der Waals surface area contributed by atoms with Crippen LogP contribution in [0.1, 0.15) is 24.6 Å². The van der Waals surface area contributed by atoms with Gasteiger partial charge in [-0.25, -0.2) is 0 Å². The van der Waals surface area contributed by atoms with Crippen LogP contribution in [0.2, 0.25) is 0 Å². The molecule has 66 valence electrons. The Morgan fingerprint density at radius 3 is 2.75 bits per heavy atom. The molecule has 1 heterocycles. The van der Waals surface area contributed by atoms with Crippen molar-refractivity contribution in [3.05, 3.63) is 11.7 Å². The van der Waals surface area contributed by atoms with E-state index in [1.807, 2.05) is 0 Å². The summed E-state index contributed by atoms with van der Waals surface area (Å²) in [4.78, 5) is 14.9. The summed E-state index contributed by atoms with van der Waals surface area (Å²) in [5.74, 6) is -0.0602. The fourth-order valence-electron chi connectivity index (χ4n) is 0.767. The van der Waals surface area contributed by atoms with E-state index >= 15 is 0 Å². The minimum absolute atomic E-state index is 0.291. The number of aromatic nitrogens is 2. The van der Waals surface area contributed by atoms with Gasteiger partial charge in [-0.15, -0.1) is 0 Å². The van der Waals surface area contributed by atoms with Gasteiger partial charge in [0.05, 0.1) is 7.11 Å². The summed E-state index contributed by atoms with van der Waals surface area (Å²) in [6.07, 6.45) is 0. The second-order valence-electron chi connectivity index (χ2n) is 2.42. The fourth-order valence-corrected chi connectivity index (χ4v) is 0.767. The lowest BCUT2D eigenvalue weighted by atomic mass is 10.2. The molecule has 0 aliphatic rings. The van der Waals surface area contributed by atoms with Crippen LogP contribution in [0.4, 0.5) is 0 Å². The predicted octanol–water partition coefficient (Wildman–Crippen LogP) is 0.655. The van der Waals surface area contributed by atoms with Gasteiger partial charge >= 0.3 is 5.97 Å². The molecule has 0 aromatic carbocycles. The molecule has 5 heteroatoms. The zero-order valence-electron chi connectivity index (χ0n) is 7.20. The number of methoxy groups -OCH3 is 1. The van der Waals surface area contributed by atoms with Crippen LogP contribution in [0.5, 0.6) is 0 Å². The molecule has 0 radical (unpaired) electrons. The van der Waals surface area contributed by atoms with E-state index in [1.54, 1.807) is 13.8 Å². The van der Waals surface area contributed by atoms with E-state index in [0.29, 0.717) is 11.7 Å². The van der Waals surface area contributed by atoms with Gasteiger partial charge in [0.1, 0.15) is 5.92 Å². The van der Waals surface area contributed by atoms with E-state index in [9.17, 15) is 4.79 Å². The molecule has 5 nitrogen and oxygen atoms in total. The Hall–Kier alpha value is -1.39. The van der Waals surface area contributed by atoms with Crippen LogP contribution in [0, 0.1) is 6.92 Å². The first kappa shape index (κ1) is 8.70. The molecule has 1 rings (SSSR count). The summed E-state index contributed by atoms with van der Waals surface area (Å²) in [6.45, 7) is 3.34. The SMILES string of the molecule is COC(=O)[C@H](C)c1nc(C)no1. The van der Waals surface area contributed by atoms with Gasteiger partial charge in [-0.05, 0) is 13.8 Å². The number of aryl methyl sites for hydroxylation is 1. The number of carbonyl (C=O) groups excluding carboxylic acids is 1. The molecule has 0 fully saturated rings. The Balaban J connectivity index is 2.77. The van der Waals surface area contributed by atoms with E-state index < -0.39 is 5.92 Å². The van der Waals surface area contributed by atoms with Gasteiger partial charge in [-0.2, -0.15) is 4.98 Å². The monoisotopic (exact) mass is 170 g/mol. The van der Waals surface area contributed by atoms with E-state index in [0.717, 1.165) is 0 Å². The first-order chi connectivity index (χ1) is 5.65. The summed E-state index contributed by atoms with van der Waals surface area (Å²) in [5.41, 5.74) is 0. The van der Waals surface area contributed by atoms with Gasteiger partial charge in [0, 0.05) is 0 Å². The van der Waals surface area contributed by atoms with Crippen molar-refractivity contribution in [1.29, 1.82) is 0 Å². The smallest absolute Gasteiger partial charge is 0.317 e. The summed E-state index contributed by atoms with van der Waals surface area (Å²) < 4.78 is 9.30. The molecule has 0 spiro atoms. The number of esters is 1. The van der Waals surface area contributed by atoms with Gasteiger partial charge < -0.3 is 9.26 Å². The van der Waals surface area contributed by atoms with Crippen molar-refractivity contribution in [3.63, 3.8) is 0 Å². The zero-order valence-corrected chi connectivity index (χ0v) is 7.20. The summed E-state index contributed by atoms with van der Waals surface area (Å²) in [6, 6.07) is 0. The van der Waals surface area contributed by atoms with Crippen molar-refractivity contribution in [2.75, 3.05) is 7.11 Å². The Morgan fingerprint density at radius 1 is 1.67 bits per heavy atom. The van der Waals surface area contributed by atoms with Crippen molar-refractivity contribution in [3.8, 4) is 0 Å². The molecule has 0 saturated carbocycles. The van der Waals surface area contributed by atoms with E-state index in [4.69, 9.17) is 4.52 Å². The topological polar surface area (TPSA) is 65.2 Å². The molecule has 0 saturated heterocycles. The lowest BCUT2D eigenvalue weighted by molar-refractivity contribution is -0.142. The Bertz CT molecular complexity index is 282. The highest BCUT2D eigenvalue weighted by Gasteiger charge is 2.21. The van der Waals surface area contributed by atoms with Crippen molar-refractivity contribution in [2.45, 2.75) is 19.8 Å². The summed E-state index contributed by atoms with van der Waals surface area (Å²) in [5, 5.41) is 3.56. The van der Waals surface area contributed by atoms with Gasteiger partial charge in [-0.1, -0.05) is 5.16 Å². The number of hydrogen-bond donors (Lipinski definition) is 0. The highest BCUT2D eigenvalue weighted by atomic mass is 16.5. The molecule has 0 aliphatic heterocycles. The maximum absolute atomic E-state index is 11.0. The maximum Gasteiger partial charge on any atom is 0.317 e. The largest absolute Gasteiger partial charge is 0.468 e. The van der Waals surface area contributed by atoms with E-state index in [2.05, 4.69) is 14.9 Å². The third kappa shape index (κ3) is 1.61. The van der Waals surface area contributed by atoms with Crippen molar-refractivity contribution in [1.82, 2.24) is 10.1 Å². The number of hydrogen-bond acceptors (Lipinski definition) is 5. The van der Waals surface area contributed by atoms with Crippen LogP contribution < -0.4 is 0 Å². The number of ether oxygens (including phenoxy) is 1. The van der Waals surface area contributed by atoms with Gasteiger partial charge in [-0.3, -0.25) is 4.79 Å².